The lowest BCUT2D eigenvalue weighted by atomic mass is 10.2. The Labute approximate surface area is 140 Å². The van der Waals surface area contributed by atoms with E-state index in [0.29, 0.717) is 12.2 Å². The number of hydrogen-bond acceptors (Lipinski definition) is 4. The van der Waals surface area contributed by atoms with Crippen molar-refractivity contribution in [3.05, 3.63) is 60.2 Å². The fourth-order valence-corrected chi connectivity index (χ4v) is 2.49. The van der Waals surface area contributed by atoms with Crippen LogP contribution in [0.15, 0.2) is 48.9 Å². The van der Waals surface area contributed by atoms with Crippen LogP contribution in [0.5, 0.6) is 0 Å². The second kappa shape index (κ2) is 7.08. The highest BCUT2D eigenvalue weighted by Gasteiger charge is 2.16. The molecule has 0 unspecified atom stereocenters. The Bertz CT molecular complexity index is 807. The molecule has 7 heteroatoms. The number of carbonyl (C=O) groups excluding carboxylic acids is 1. The molecule has 0 saturated heterocycles. The normalized spacial score (nSPS) is 10.8. The maximum Gasteiger partial charge on any atom is 0.275 e. The molecule has 0 spiro atoms. The van der Waals surface area contributed by atoms with Crippen molar-refractivity contribution in [2.24, 2.45) is 7.05 Å². The van der Waals surface area contributed by atoms with Crippen LogP contribution in [0.2, 0.25) is 0 Å². The molecule has 0 aliphatic heterocycles. The number of aromatic nitrogens is 5. The molecule has 7 nitrogen and oxygen atoms in total. The quantitative estimate of drug-likeness (QED) is 0.692. The van der Waals surface area contributed by atoms with Crippen molar-refractivity contribution in [1.29, 1.82) is 0 Å². The van der Waals surface area contributed by atoms with E-state index in [1.807, 2.05) is 49.8 Å². The SMILES string of the molecule is CN(CCCc1cnn(C)c1)C(=O)c1cn(-c2ccccc2)nn1. The van der Waals surface area contributed by atoms with E-state index in [4.69, 9.17) is 0 Å². The minimum absolute atomic E-state index is 0.122. The molecule has 0 N–H and O–H groups in total. The number of rotatable bonds is 6. The van der Waals surface area contributed by atoms with Gasteiger partial charge < -0.3 is 4.90 Å². The van der Waals surface area contributed by atoms with Gasteiger partial charge in [-0.25, -0.2) is 4.68 Å². The van der Waals surface area contributed by atoms with E-state index in [1.165, 1.54) is 5.56 Å². The van der Waals surface area contributed by atoms with Crippen LogP contribution in [-0.4, -0.2) is 49.2 Å². The highest BCUT2D eigenvalue weighted by molar-refractivity contribution is 5.91. The third-order valence-corrected chi connectivity index (χ3v) is 3.80. The summed E-state index contributed by atoms with van der Waals surface area (Å²) in [5, 5.41) is 12.2. The summed E-state index contributed by atoms with van der Waals surface area (Å²) in [6.07, 6.45) is 7.28. The first-order chi connectivity index (χ1) is 11.6. The van der Waals surface area contributed by atoms with Gasteiger partial charge in [-0.1, -0.05) is 23.4 Å². The summed E-state index contributed by atoms with van der Waals surface area (Å²) in [5.41, 5.74) is 2.40. The number of amides is 1. The van der Waals surface area contributed by atoms with Crippen molar-refractivity contribution in [3.8, 4) is 5.69 Å². The Morgan fingerprint density at radius 1 is 1.21 bits per heavy atom. The van der Waals surface area contributed by atoms with E-state index < -0.39 is 0 Å². The van der Waals surface area contributed by atoms with Gasteiger partial charge in [-0.2, -0.15) is 5.10 Å². The summed E-state index contributed by atoms with van der Waals surface area (Å²) < 4.78 is 3.39. The van der Waals surface area contributed by atoms with E-state index in [1.54, 1.807) is 27.5 Å². The van der Waals surface area contributed by atoms with Crippen molar-refractivity contribution >= 4 is 5.91 Å². The molecule has 0 atom stereocenters. The molecule has 0 saturated carbocycles. The second-order valence-corrected chi connectivity index (χ2v) is 5.74. The Morgan fingerprint density at radius 3 is 2.71 bits per heavy atom. The lowest BCUT2D eigenvalue weighted by molar-refractivity contribution is 0.0787. The minimum atomic E-state index is -0.122. The van der Waals surface area contributed by atoms with Gasteiger partial charge in [0.05, 0.1) is 18.1 Å². The summed E-state index contributed by atoms with van der Waals surface area (Å²) in [7, 11) is 3.68. The molecule has 3 rings (SSSR count). The molecule has 0 aliphatic carbocycles. The average Bonchev–Trinajstić information content (AvgIpc) is 3.24. The van der Waals surface area contributed by atoms with Crippen LogP contribution in [0.3, 0.4) is 0 Å². The molecule has 2 heterocycles. The molecule has 0 bridgehead atoms. The van der Waals surface area contributed by atoms with Crippen LogP contribution in [0.25, 0.3) is 5.69 Å². The van der Waals surface area contributed by atoms with Crippen molar-refractivity contribution in [2.75, 3.05) is 13.6 Å². The molecule has 0 radical (unpaired) electrons. The van der Waals surface area contributed by atoms with E-state index in [9.17, 15) is 4.79 Å². The Kier molecular flexibility index (Phi) is 4.69. The Balaban J connectivity index is 1.56. The van der Waals surface area contributed by atoms with Crippen LogP contribution in [0, 0.1) is 0 Å². The third-order valence-electron chi connectivity index (χ3n) is 3.80. The van der Waals surface area contributed by atoms with Crippen molar-refractivity contribution in [1.82, 2.24) is 29.7 Å². The van der Waals surface area contributed by atoms with E-state index in [0.717, 1.165) is 18.5 Å². The topological polar surface area (TPSA) is 68.8 Å². The van der Waals surface area contributed by atoms with Gasteiger partial charge in [-0.3, -0.25) is 9.48 Å². The van der Waals surface area contributed by atoms with Gasteiger partial charge in [0.15, 0.2) is 5.69 Å². The third kappa shape index (κ3) is 3.68. The van der Waals surface area contributed by atoms with Crippen molar-refractivity contribution in [2.45, 2.75) is 12.8 Å². The maximum atomic E-state index is 12.4. The van der Waals surface area contributed by atoms with Gasteiger partial charge >= 0.3 is 0 Å². The summed E-state index contributed by atoms with van der Waals surface area (Å²) in [4.78, 5) is 14.1. The molecule has 0 fully saturated rings. The molecular weight excluding hydrogens is 304 g/mol. The van der Waals surface area contributed by atoms with Crippen LogP contribution in [0.1, 0.15) is 22.5 Å². The highest BCUT2D eigenvalue weighted by atomic mass is 16.2. The summed E-state index contributed by atoms with van der Waals surface area (Å²) in [5.74, 6) is -0.122. The Morgan fingerprint density at radius 2 is 2.00 bits per heavy atom. The molecular formula is C17H20N6O. The van der Waals surface area contributed by atoms with Crippen molar-refractivity contribution in [3.63, 3.8) is 0 Å². The monoisotopic (exact) mass is 324 g/mol. The largest absolute Gasteiger partial charge is 0.340 e. The lowest BCUT2D eigenvalue weighted by Gasteiger charge is -2.14. The fourth-order valence-electron chi connectivity index (χ4n) is 2.49. The van der Waals surface area contributed by atoms with Crippen LogP contribution in [-0.2, 0) is 13.5 Å². The first-order valence-electron chi connectivity index (χ1n) is 7.84. The number of nitrogens with zero attached hydrogens (tertiary/aromatic N) is 6. The van der Waals surface area contributed by atoms with E-state index in [2.05, 4.69) is 15.4 Å². The molecule has 124 valence electrons. The van der Waals surface area contributed by atoms with Gasteiger partial charge in [0, 0.05) is 26.8 Å². The first kappa shape index (κ1) is 15.9. The molecule has 1 amide bonds. The zero-order chi connectivity index (χ0) is 16.9. The van der Waals surface area contributed by atoms with Gasteiger partial charge in [0.2, 0.25) is 0 Å². The summed E-state index contributed by atoms with van der Waals surface area (Å²) >= 11 is 0. The molecule has 0 aliphatic rings. The highest BCUT2D eigenvalue weighted by Crippen LogP contribution is 2.08. The molecule has 24 heavy (non-hydrogen) atoms. The molecule has 3 aromatic rings. The number of hydrogen-bond donors (Lipinski definition) is 0. The van der Waals surface area contributed by atoms with Gasteiger partial charge in [0.25, 0.3) is 5.91 Å². The predicted molar refractivity (Wildman–Crippen MR) is 89.8 cm³/mol. The van der Waals surface area contributed by atoms with Crippen LogP contribution < -0.4 is 0 Å². The number of carbonyl (C=O) groups is 1. The lowest BCUT2D eigenvalue weighted by Crippen LogP contribution is -2.28. The molecule has 1 aromatic carbocycles. The second-order valence-electron chi connectivity index (χ2n) is 5.74. The van der Waals surface area contributed by atoms with Crippen LogP contribution in [0.4, 0.5) is 0 Å². The zero-order valence-electron chi connectivity index (χ0n) is 13.8. The average molecular weight is 324 g/mol. The predicted octanol–water partition coefficient (Wildman–Crippen LogP) is 1.71. The number of benzene rings is 1. The fraction of sp³-hybridized carbons (Fsp3) is 0.294. The maximum absolute atomic E-state index is 12.4. The zero-order valence-corrected chi connectivity index (χ0v) is 13.8. The van der Waals surface area contributed by atoms with E-state index in [-0.39, 0.29) is 5.91 Å². The standard InChI is InChI=1S/C17H20N6O/c1-21(10-6-7-14-11-18-22(2)12-14)17(24)16-13-23(20-19-16)15-8-4-3-5-9-15/h3-5,8-9,11-13H,6-7,10H2,1-2H3. The van der Waals surface area contributed by atoms with Gasteiger partial charge in [-0.15, -0.1) is 5.10 Å². The Hall–Kier alpha value is -2.96. The molecule has 2 aromatic heterocycles. The summed E-state index contributed by atoms with van der Waals surface area (Å²) in [6.45, 7) is 0.659. The number of para-hydroxylation sites is 1. The first-order valence-corrected chi connectivity index (χ1v) is 7.84. The smallest absolute Gasteiger partial charge is 0.275 e. The van der Waals surface area contributed by atoms with E-state index >= 15 is 0 Å². The minimum Gasteiger partial charge on any atom is -0.340 e. The van der Waals surface area contributed by atoms with Crippen LogP contribution >= 0.6 is 0 Å². The number of aryl methyl sites for hydroxylation is 2. The van der Waals surface area contributed by atoms with Crippen molar-refractivity contribution < 1.29 is 4.79 Å². The van der Waals surface area contributed by atoms with Gasteiger partial charge in [-0.05, 0) is 30.5 Å². The summed E-state index contributed by atoms with van der Waals surface area (Å²) in [6, 6.07) is 9.61. The van der Waals surface area contributed by atoms with Gasteiger partial charge in [0.1, 0.15) is 0 Å².